The molecular formula is C16H15N3O4S. The van der Waals surface area contributed by atoms with Gasteiger partial charge in [0, 0.05) is 18.8 Å². The van der Waals surface area contributed by atoms with Crippen molar-refractivity contribution in [3.63, 3.8) is 0 Å². The van der Waals surface area contributed by atoms with Crippen LogP contribution in [0.2, 0.25) is 0 Å². The summed E-state index contributed by atoms with van der Waals surface area (Å²) < 4.78 is 32.5. The molecule has 0 spiro atoms. The minimum absolute atomic E-state index is 0.112. The molecule has 3 aromatic rings. The van der Waals surface area contributed by atoms with Gasteiger partial charge in [-0.25, -0.2) is 13.2 Å². The van der Waals surface area contributed by atoms with Crippen LogP contribution in [0.5, 0.6) is 0 Å². The lowest BCUT2D eigenvalue weighted by Gasteiger charge is -2.23. The summed E-state index contributed by atoms with van der Waals surface area (Å²) in [5.74, 6) is -0.605. The SMILES string of the molecule is O=c1[nH]c2ccc(S(=O)(=O)N3CCCC3c3ccccn3)cc2o1. The molecule has 0 aliphatic carbocycles. The fraction of sp³-hybridized carbons (Fsp3) is 0.250. The first kappa shape index (κ1) is 15.1. The number of sulfonamides is 1. The van der Waals surface area contributed by atoms with E-state index in [1.807, 2.05) is 12.1 Å². The molecule has 2 aromatic heterocycles. The fourth-order valence-electron chi connectivity index (χ4n) is 3.12. The van der Waals surface area contributed by atoms with Gasteiger partial charge in [-0.1, -0.05) is 6.07 Å². The molecule has 8 heteroatoms. The number of hydrogen-bond donors (Lipinski definition) is 1. The van der Waals surface area contributed by atoms with Gasteiger partial charge in [0.15, 0.2) is 5.58 Å². The second-order valence-corrected chi connectivity index (χ2v) is 7.59. The maximum Gasteiger partial charge on any atom is 0.417 e. The molecule has 1 unspecified atom stereocenters. The van der Waals surface area contributed by atoms with Gasteiger partial charge in [0.2, 0.25) is 10.0 Å². The van der Waals surface area contributed by atoms with Crippen LogP contribution in [0.1, 0.15) is 24.6 Å². The number of benzene rings is 1. The molecule has 1 fully saturated rings. The van der Waals surface area contributed by atoms with E-state index in [4.69, 9.17) is 4.42 Å². The molecule has 4 rings (SSSR count). The van der Waals surface area contributed by atoms with Gasteiger partial charge in [-0.15, -0.1) is 0 Å². The quantitative estimate of drug-likeness (QED) is 0.783. The van der Waals surface area contributed by atoms with Crippen LogP contribution in [0.3, 0.4) is 0 Å². The predicted molar refractivity (Wildman–Crippen MR) is 86.9 cm³/mol. The third-order valence-corrected chi connectivity index (χ3v) is 6.14. The number of pyridine rings is 1. The summed E-state index contributed by atoms with van der Waals surface area (Å²) in [6.45, 7) is 0.443. The zero-order valence-corrected chi connectivity index (χ0v) is 13.5. The van der Waals surface area contributed by atoms with Crippen LogP contribution in [-0.4, -0.2) is 29.2 Å². The van der Waals surface area contributed by atoms with Crippen LogP contribution in [0.4, 0.5) is 0 Å². The van der Waals surface area contributed by atoms with E-state index in [1.165, 1.54) is 16.4 Å². The van der Waals surface area contributed by atoms with Gasteiger partial charge in [-0.05, 0) is 37.1 Å². The minimum Gasteiger partial charge on any atom is -0.408 e. The Morgan fingerprint density at radius 1 is 1.25 bits per heavy atom. The maximum absolute atomic E-state index is 13.0. The zero-order chi connectivity index (χ0) is 16.7. The van der Waals surface area contributed by atoms with Crippen LogP contribution in [0.15, 0.2) is 56.7 Å². The summed E-state index contributed by atoms with van der Waals surface area (Å²) in [6.07, 6.45) is 3.18. The van der Waals surface area contributed by atoms with Crippen molar-refractivity contribution in [3.05, 3.63) is 58.8 Å². The van der Waals surface area contributed by atoms with Gasteiger partial charge in [0.25, 0.3) is 0 Å². The molecule has 1 saturated heterocycles. The zero-order valence-electron chi connectivity index (χ0n) is 12.7. The van der Waals surface area contributed by atoms with E-state index in [9.17, 15) is 13.2 Å². The lowest BCUT2D eigenvalue weighted by atomic mass is 10.1. The summed E-state index contributed by atoms with van der Waals surface area (Å²) in [6, 6.07) is 9.63. The third kappa shape index (κ3) is 2.44. The number of nitrogens with one attached hydrogen (secondary N) is 1. The van der Waals surface area contributed by atoms with Crippen LogP contribution in [0.25, 0.3) is 11.1 Å². The van der Waals surface area contributed by atoms with Gasteiger partial charge < -0.3 is 4.42 Å². The number of fused-ring (bicyclic) bond motifs is 1. The highest BCUT2D eigenvalue weighted by Gasteiger charge is 2.37. The molecule has 1 aliphatic rings. The molecule has 7 nitrogen and oxygen atoms in total. The molecule has 0 radical (unpaired) electrons. The highest BCUT2D eigenvalue weighted by atomic mass is 32.2. The fourth-order valence-corrected chi connectivity index (χ4v) is 4.80. The van der Waals surface area contributed by atoms with Crippen molar-refractivity contribution in [2.24, 2.45) is 0 Å². The summed E-state index contributed by atoms with van der Waals surface area (Å²) in [5, 5.41) is 0. The largest absolute Gasteiger partial charge is 0.417 e. The number of rotatable bonds is 3. The Morgan fingerprint density at radius 2 is 2.12 bits per heavy atom. The monoisotopic (exact) mass is 345 g/mol. The first-order chi connectivity index (χ1) is 11.6. The number of oxazole rings is 1. The van der Waals surface area contributed by atoms with E-state index >= 15 is 0 Å². The summed E-state index contributed by atoms with van der Waals surface area (Å²) >= 11 is 0. The second-order valence-electron chi connectivity index (χ2n) is 5.70. The minimum atomic E-state index is -3.70. The van der Waals surface area contributed by atoms with E-state index in [-0.39, 0.29) is 16.5 Å². The smallest absolute Gasteiger partial charge is 0.408 e. The molecular weight excluding hydrogens is 330 g/mol. The van der Waals surface area contributed by atoms with Crippen LogP contribution >= 0.6 is 0 Å². The topological polar surface area (TPSA) is 96.3 Å². The Labute approximate surface area is 138 Å². The van der Waals surface area contributed by atoms with Crippen molar-refractivity contribution >= 4 is 21.1 Å². The number of aromatic nitrogens is 2. The van der Waals surface area contributed by atoms with E-state index in [2.05, 4.69) is 9.97 Å². The van der Waals surface area contributed by atoms with E-state index in [1.54, 1.807) is 18.3 Å². The predicted octanol–water partition coefficient (Wildman–Crippen LogP) is 2.04. The van der Waals surface area contributed by atoms with Crippen molar-refractivity contribution in [2.45, 2.75) is 23.8 Å². The lowest BCUT2D eigenvalue weighted by molar-refractivity contribution is 0.390. The van der Waals surface area contributed by atoms with Crippen molar-refractivity contribution < 1.29 is 12.8 Å². The standard InChI is InChI=1S/C16H15N3O4S/c20-16-18-13-7-6-11(10-15(13)23-16)24(21,22)19-9-3-5-14(19)12-4-1-2-8-17-12/h1-2,4,6-8,10,14H,3,5,9H2,(H,18,20). The number of nitrogens with zero attached hydrogens (tertiary/aromatic N) is 2. The normalized spacial score (nSPS) is 19.1. The Hall–Kier alpha value is -2.45. The second kappa shape index (κ2) is 5.57. The van der Waals surface area contributed by atoms with Crippen molar-refractivity contribution in [1.29, 1.82) is 0 Å². The molecule has 24 heavy (non-hydrogen) atoms. The highest BCUT2D eigenvalue weighted by Crippen LogP contribution is 2.35. The van der Waals surface area contributed by atoms with Crippen molar-refractivity contribution in [1.82, 2.24) is 14.3 Å². The number of hydrogen-bond acceptors (Lipinski definition) is 5. The average Bonchev–Trinajstić information content (AvgIpc) is 3.20. The Kier molecular flexibility index (Phi) is 3.50. The number of H-pyrrole nitrogens is 1. The van der Waals surface area contributed by atoms with E-state index in [0.29, 0.717) is 12.1 Å². The molecule has 124 valence electrons. The Balaban J connectivity index is 1.76. The Morgan fingerprint density at radius 3 is 2.92 bits per heavy atom. The summed E-state index contributed by atoms with van der Waals surface area (Å²) in [5.41, 5.74) is 1.45. The summed E-state index contributed by atoms with van der Waals surface area (Å²) in [7, 11) is -3.70. The van der Waals surface area contributed by atoms with Crippen LogP contribution < -0.4 is 5.76 Å². The molecule has 1 atom stereocenters. The third-order valence-electron chi connectivity index (χ3n) is 4.23. The Bertz CT molecular complexity index is 1040. The molecule has 1 N–H and O–H groups in total. The van der Waals surface area contributed by atoms with Crippen LogP contribution in [-0.2, 0) is 10.0 Å². The van der Waals surface area contributed by atoms with Gasteiger partial charge in [0.1, 0.15) is 0 Å². The lowest BCUT2D eigenvalue weighted by Crippen LogP contribution is -2.31. The highest BCUT2D eigenvalue weighted by molar-refractivity contribution is 7.89. The van der Waals surface area contributed by atoms with Crippen molar-refractivity contribution in [3.8, 4) is 0 Å². The first-order valence-corrected chi connectivity index (χ1v) is 9.05. The molecule has 3 heterocycles. The van der Waals surface area contributed by atoms with Gasteiger partial charge >= 0.3 is 5.76 Å². The summed E-state index contributed by atoms with van der Waals surface area (Å²) in [4.78, 5) is 18.2. The van der Waals surface area contributed by atoms with Gasteiger partial charge in [-0.2, -0.15) is 4.31 Å². The maximum atomic E-state index is 13.0. The number of aromatic amines is 1. The van der Waals surface area contributed by atoms with Crippen LogP contribution in [0, 0.1) is 0 Å². The average molecular weight is 345 g/mol. The van der Waals surface area contributed by atoms with Gasteiger partial charge in [0.05, 0.1) is 22.1 Å². The van der Waals surface area contributed by atoms with Gasteiger partial charge in [-0.3, -0.25) is 9.97 Å². The van der Waals surface area contributed by atoms with Crippen molar-refractivity contribution in [2.75, 3.05) is 6.54 Å². The molecule has 1 aliphatic heterocycles. The van der Waals surface area contributed by atoms with E-state index < -0.39 is 15.8 Å². The molecule has 0 amide bonds. The first-order valence-electron chi connectivity index (χ1n) is 7.61. The van der Waals surface area contributed by atoms with E-state index in [0.717, 1.165) is 18.5 Å². The molecule has 0 bridgehead atoms. The molecule has 0 saturated carbocycles. The molecule has 1 aromatic carbocycles.